The zero-order chi connectivity index (χ0) is 21.5. The molecule has 3 fully saturated rings. The Morgan fingerprint density at radius 3 is 2.63 bits per heavy atom. The number of rotatable bonds is 6. The van der Waals surface area contributed by atoms with E-state index in [1.165, 1.54) is 49.9 Å². The van der Waals surface area contributed by atoms with E-state index in [0.29, 0.717) is 28.7 Å². The lowest BCUT2D eigenvalue weighted by molar-refractivity contribution is -0.141. The second-order valence-electron chi connectivity index (χ2n) is 10.3. The van der Waals surface area contributed by atoms with Crippen LogP contribution in [0.2, 0.25) is 5.02 Å². The number of hydrogen-bond donors (Lipinski definition) is 1. The average molecular weight is 455 g/mol. The maximum Gasteiger partial charge on any atom is 0.307 e. The summed E-state index contributed by atoms with van der Waals surface area (Å²) in [7, 11) is 0. The topological polar surface area (TPSA) is 46.5 Å². The summed E-state index contributed by atoms with van der Waals surface area (Å²) >= 11 is 7.74. The summed E-state index contributed by atoms with van der Waals surface area (Å²) in [5.41, 5.74) is 0.111. The third-order valence-electron chi connectivity index (χ3n) is 7.31. The first kappa shape index (κ1) is 22.3. The Morgan fingerprint density at radius 2 is 1.97 bits per heavy atom. The number of carbonyl (C=O) groups is 1. The van der Waals surface area contributed by atoms with Crippen molar-refractivity contribution in [2.24, 2.45) is 29.1 Å². The molecule has 0 aliphatic heterocycles. The Bertz CT molecular complexity index is 783. The van der Waals surface area contributed by atoms with E-state index in [1.54, 1.807) is 6.07 Å². The van der Waals surface area contributed by atoms with Gasteiger partial charge in [0.15, 0.2) is 0 Å². The molecule has 0 spiro atoms. The summed E-state index contributed by atoms with van der Waals surface area (Å²) in [6, 6.07) is 2.98. The molecule has 1 aromatic carbocycles. The third-order valence-corrected chi connectivity index (χ3v) is 9.04. The number of benzene rings is 1. The van der Waals surface area contributed by atoms with Crippen molar-refractivity contribution in [3.8, 4) is 5.75 Å². The van der Waals surface area contributed by atoms with Gasteiger partial charge in [-0.2, -0.15) is 0 Å². The monoisotopic (exact) mass is 454 g/mol. The van der Waals surface area contributed by atoms with Crippen molar-refractivity contribution < 1.29 is 19.0 Å². The van der Waals surface area contributed by atoms with E-state index < -0.39 is 11.9 Å². The molecular formula is C24H32ClFO3S. The standard InChI is InChI=1S/C24H32ClFO3S/c1-14-6-15-8-16(7-14)12-24(2,11-15)13-29-20-10-19(26)22(9-18(20)25)30-21-5-3-4-17(21)23(27)28/h9-10,14-17,21H,3-8,11-13H2,1-2H3,(H,27,28)/t14?,15-,16+,17?,21?,24?. The van der Waals surface area contributed by atoms with E-state index in [9.17, 15) is 14.3 Å². The number of hydrogen-bond acceptors (Lipinski definition) is 3. The molecule has 2 bridgehead atoms. The SMILES string of the molecule is CC1C[C@@H]2C[C@H](C1)CC(C)(COc1cc(F)c(SC3CCCC3C(=O)O)cc1Cl)C2. The van der Waals surface area contributed by atoms with Gasteiger partial charge in [0.05, 0.1) is 17.5 Å². The largest absolute Gasteiger partial charge is 0.491 e. The van der Waals surface area contributed by atoms with Crippen molar-refractivity contribution in [3.63, 3.8) is 0 Å². The summed E-state index contributed by atoms with van der Waals surface area (Å²) in [5.74, 6) is 1.18. The van der Waals surface area contributed by atoms with Gasteiger partial charge in [0, 0.05) is 21.6 Å². The number of ether oxygens (including phenoxy) is 1. The molecule has 3 aliphatic carbocycles. The smallest absolute Gasteiger partial charge is 0.307 e. The average Bonchev–Trinajstić information content (AvgIpc) is 3.10. The molecule has 3 nitrogen and oxygen atoms in total. The molecule has 0 amide bonds. The summed E-state index contributed by atoms with van der Waals surface area (Å²) in [6.45, 7) is 5.22. The summed E-state index contributed by atoms with van der Waals surface area (Å²) in [4.78, 5) is 11.8. The first-order valence-electron chi connectivity index (χ1n) is 11.2. The van der Waals surface area contributed by atoms with Crippen LogP contribution in [0.4, 0.5) is 4.39 Å². The molecule has 0 heterocycles. The molecular weight excluding hydrogens is 423 g/mol. The number of fused-ring (bicyclic) bond motifs is 2. The van der Waals surface area contributed by atoms with Gasteiger partial charge in [-0.15, -0.1) is 11.8 Å². The molecule has 30 heavy (non-hydrogen) atoms. The number of aliphatic carboxylic acids is 1. The van der Waals surface area contributed by atoms with Gasteiger partial charge < -0.3 is 9.84 Å². The molecule has 0 aromatic heterocycles. The Kier molecular flexibility index (Phi) is 6.60. The minimum absolute atomic E-state index is 0.109. The molecule has 4 rings (SSSR count). The summed E-state index contributed by atoms with van der Waals surface area (Å²) in [5, 5.41) is 9.66. The Hall–Kier alpha value is -0.940. The van der Waals surface area contributed by atoms with Gasteiger partial charge >= 0.3 is 5.97 Å². The number of thioether (sulfide) groups is 1. The van der Waals surface area contributed by atoms with Crippen LogP contribution in [0.25, 0.3) is 0 Å². The number of halogens is 2. The van der Waals surface area contributed by atoms with E-state index in [-0.39, 0.29) is 16.5 Å². The Labute approximate surface area is 188 Å². The molecule has 3 aliphatic rings. The van der Waals surface area contributed by atoms with E-state index >= 15 is 0 Å². The van der Waals surface area contributed by atoms with Crippen molar-refractivity contribution in [2.75, 3.05) is 6.61 Å². The van der Waals surface area contributed by atoms with Gasteiger partial charge in [0.1, 0.15) is 11.6 Å². The predicted octanol–water partition coefficient (Wildman–Crippen LogP) is 7.06. The lowest BCUT2D eigenvalue weighted by atomic mass is 9.60. The highest BCUT2D eigenvalue weighted by Gasteiger charge is 2.41. The Balaban J connectivity index is 1.41. The van der Waals surface area contributed by atoms with Crippen LogP contribution in [0.5, 0.6) is 5.75 Å². The third kappa shape index (κ3) is 4.93. The fourth-order valence-electron chi connectivity index (χ4n) is 6.30. The van der Waals surface area contributed by atoms with E-state index in [4.69, 9.17) is 16.3 Å². The van der Waals surface area contributed by atoms with Crippen LogP contribution in [0.3, 0.4) is 0 Å². The van der Waals surface area contributed by atoms with Crippen LogP contribution in [0.15, 0.2) is 17.0 Å². The summed E-state index contributed by atoms with van der Waals surface area (Å²) < 4.78 is 20.9. The molecule has 6 atom stereocenters. The summed E-state index contributed by atoms with van der Waals surface area (Å²) in [6.07, 6.45) is 8.61. The lowest BCUT2D eigenvalue weighted by Crippen LogP contribution is -2.39. The van der Waals surface area contributed by atoms with Gasteiger partial charge in [-0.05, 0) is 68.8 Å². The minimum atomic E-state index is -0.795. The fourth-order valence-corrected chi connectivity index (χ4v) is 7.97. The first-order valence-corrected chi connectivity index (χ1v) is 12.5. The molecule has 6 heteroatoms. The van der Waals surface area contributed by atoms with Crippen LogP contribution in [0.1, 0.15) is 65.2 Å². The maximum atomic E-state index is 14.8. The van der Waals surface area contributed by atoms with Crippen molar-refractivity contribution >= 4 is 29.3 Å². The molecule has 166 valence electrons. The fraction of sp³-hybridized carbons (Fsp3) is 0.708. The highest BCUT2D eigenvalue weighted by molar-refractivity contribution is 8.00. The van der Waals surface area contributed by atoms with Crippen LogP contribution in [0, 0.1) is 34.9 Å². The van der Waals surface area contributed by atoms with Crippen molar-refractivity contribution in [1.82, 2.24) is 0 Å². The molecule has 3 saturated carbocycles. The van der Waals surface area contributed by atoms with Crippen LogP contribution >= 0.6 is 23.4 Å². The normalized spacial score (nSPS) is 35.9. The zero-order valence-corrected chi connectivity index (χ0v) is 19.4. The molecule has 0 saturated heterocycles. The van der Waals surface area contributed by atoms with Gasteiger partial charge in [-0.1, -0.05) is 31.9 Å². The molecule has 0 radical (unpaired) electrons. The second-order valence-corrected chi connectivity index (χ2v) is 12.0. The molecule has 1 N–H and O–H groups in total. The van der Waals surface area contributed by atoms with Gasteiger partial charge in [0.2, 0.25) is 0 Å². The maximum absolute atomic E-state index is 14.8. The van der Waals surface area contributed by atoms with E-state index in [2.05, 4.69) is 13.8 Å². The zero-order valence-electron chi connectivity index (χ0n) is 17.8. The molecule has 4 unspecified atom stereocenters. The second kappa shape index (κ2) is 8.90. The van der Waals surface area contributed by atoms with Crippen molar-refractivity contribution in [2.45, 2.75) is 75.4 Å². The quantitative estimate of drug-likeness (QED) is 0.499. The number of carboxylic acid groups (broad SMARTS) is 1. The van der Waals surface area contributed by atoms with Crippen LogP contribution < -0.4 is 4.74 Å². The molecule has 1 aromatic rings. The highest BCUT2D eigenvalue weighted by Crippen LogP contribution is 2.50. The van der Waals surface area contributed by atoms with Gasteiger partial charge in [-0.3, -0.25) is 4.79 Å². The highest BCUT2D eigenvalue weighted by atomic mass is 35.5. The van der Waals surface area contributed by atoms with Crippen molar-refractivity contribution in [3.05, 3.63) is 23.0 Å². The lowest BCUT2D eigenvalue weighted by Gasteiger charge is -2.47. The van der Waals surface area contributed by atoms with E-state index in [0.717, 1.165) is 30.6 Å². The van der Waals surface area contributed by atoms with E-state index in [1.807, 2.05) is 0 Å². The predicted molar refractivity (Wildman–Crippen MR) is 119 cm³/mol. The van der Waals surface area contributed by atoms with Gasteiger partial charge in [-0.25, -0.2) is 4.39 Å². The van der Waals surface area contributed by atoms with Gasteiger partial charge in [0.25, 0.3) is 0 Å². The minimum Gasteiger partial charge on any atom is -0.491 e. The van der Waals surface area contributed by atoms with Crippen LogP contribution in [-0.2, 0) is 4.79 Å². The van der Waals surface area contributed by atoms with Crippen molar-refractivity contribution in [1.29, 1.82) is 0 Å². The van der Waals surface area contributed by atoms with Crippen LogP contribution in [-0.4, -0.2) is 22.9 Å². The number of carboxylic acids is 1. The Morgan fingerprint density at radius 1 is 1.27 bits per heavy atom. The first-order chi connectivity index (χ1) is 14.2.